The number of rotatable bonds is 10. The van der Waals surface area contributed by atoms with E-state index in [1.807, 2.05) is 6.07 Å². The van der Waals surface area contributed by atoms with Gasteiger partial charge in [0, 0.05) is 30.6 Å². The van der Waals surface area contributed by atoms with Gasteiger partial charge in [0.2, 0.25) is 0 Å². The highest BCUT2D eigenvalue weighted by Crippen LogP contribution is 2.28. The first-order valence-corrected chi connectivity index (χ1v) is 9.88. The van der Waals surface area contributed by atoms with Gasteiger partial charge in [0.1, 0.15) is 5.69 Å². The summed E-state index contributed by atoms with van der Waals surface area (Å²) >= 11 is 0. The fourth-order valence-corrected chi connectivity index (χ4v) is 2.98. The molecule has 1 N–H and O–H groups in total. The molecule has 1 amide bonds. The maximum Gasteiger partial charge on any atom is 0.294 e. The lowest BCUT2D eigenvalue weighted by molar-refractivity contribution is -0.384. The summed E-state index contributed by atoms with van der Waals surface area (Å²) in [7, 11) is 1.56. The van der Waals surface area contributed by atoms with E-state index in [0.29, 0.717) is 23.8 Å². The van der Waals surface area contributed by atoms with Crippen molar-refractivity contribution in [3.05, 3.63) is 76.4 Å². The Labute approximate surface area is 179 Å². The van der Waals surface area contributed by atoms with E-state index in [9.17, 15) is 14.9 Å². The maximum absolute atomic E-state index is 12.6. The molecule has 0 saturated carbocycles. The second kappa shape index (κ2) is 10.2. The highest BCUT2D eigenvalue weighted by molar-refractivity contribution is 5.95. The number of carbonyl (C=O) groups is 1. The van der Waals surface area contributed by atoms with Crippen LogP contribution in [0.25, 0.3) is 5.69 Å². The third-order valence-corrected chi connectivity index (χ3v) is 4.65. The zero-order valence-electron chi connectivity index (χ0n) is 17.4. The number of ether oxygens (including phenoxy) is 2. The lowest BCUT2D eigenvalue weighted by Crippen LogP contribution is -2.23. The molecule has 1 aromatic heterocycles. The van der Waals surface area contributed by atoms with Crippen LogP contribution in [0.5, 0.6) is 11.5 Å². The monoisotopic (exact) mass is 424 g/mol. The number of nitrogens with one attached hydrogen (secondary N) is 1. The zero-order valence-corrected chi connectivity index (χ0v) is 17.4. The van der Waals surface area contributed by atoms with Crippen LogP contribution in [0.4, 0.5) is 5.69 Å². The predicted octanol–water partition coefficient (Wildman–Crippen LogP) is 3.90. The quantitative estimate of drug-likeness (QED) is 0.300. The molecule has 3 rings (SSSR count). The fraction of sp³-hybridized carbons (Fsp3) is 0.273. The van der Waals surface area contributed by atoms with Gasteiger partial charge >= 0.3 is 0 Å². The number of unbranched alkanes of at least 4 members (excludes halogenated alkanes) is 1. The van der Waals surface area contributed by atoms with Crippen molar-refractivity contribution in [1.82, 2.24) is 14.9 Å². The van der Waals surface area contributed by atoms with Crippen LogP contribution in [0.1, 0.15) is 35.7 Å². The van der Waals surface area contributed by atoms with Crippen molar-refractivity contribution in [2.45, 2.75) is 26.3 Å². The molecule has 0 bridgehead atoms. The van der Waals surface area contributed by atoms with Crippen LogP contribution >= 0.6 is 0 Å². The molecule has 0 fully saturated rings. The number of imidazole rings is 1. The van der Waals surface area contributed by atoms with Crippen LogP contribution in [-0.4, -0.2) is 34.1 Å². The lowest BCUT2D eigenvalue weighted by Gasteiger charge is -2.12. The summed E-state index contributed by atoms with van der Waals surface area (Å²) < 4.78 is 12.6. The summed E-state index contributed by atoms with van der Waals surface area (Å²) in [6.45, 7) is 2.94. The first kappa shape index (κ1) is 21.8. The Kier molecular flexibility index (Phi) is 7.21. The Hall–Kier alpha value is -3.88. The number of benzene rings is 2. The molecule has 9 nitrogen and oxygen atoms in total. The van der Waals surface area contributed by atoms with E-state index in [0.717, 1.165) is 18.4 Å². The molecule has 9 heteroatoms. The zero-order chi connectivity index (χ0) is 22.2. The number of hydrogen-bond donors (Lipinski definition) is 1. The topological polar surface area (TPSA) is 109 Å². The van der Waals surface area contributed by atoms with E-state index >= 15 is 0 Å². The third kappa shape index (κ3) is 5.39. The number of nitro benzene ring substituents is 1. The van der Waals surface area contributed by atoms with Crippen LogP contribution in [-0.2, 0) is 6.54 Å². The van der Waals surface area contributed by atoms with E-state index in [1.165, 1.54) is 29.2 Å². The SMILES string of the molecule is CCCCOc1ccc(CNC(=O)c2ccc(-n3ccnc3)c([N+](=O)[O-])c2)cc1OC. The molecule has 0 spiro atoms. The van der Waals surface area contributed by atoms with Crippen LogP contribution < -0.4 is 14.8 Å². The van der Waals surface area contributed by atoms with Gasteiger partial charge in [-0.25, -0.2) is 4.98 Å². The van der Waals surface area contributed by atoms with Crippen molar-refractivity contribution in [3.63, 3.8) is 0 Å². The molecule has 31 heavy (non-hydrogen) atoms. The number of aromatic nitrogens is 2. The van der Waals surface area contributed by atoms with E-state index < -0.39 is 10.8 Å². The Morgan fingerprint density at radius 2 is 2.06 bits per heavy atom. The summed E-state index contributed by atoms with van der Waals surface area (Å²) in [5.74, 6) is 0.822. The summed E-state index contributed by atoms with van der Waals surface area (Å²) in [6.07, 6.45) is 6.58. The van der Waals surface area contributed by atoms with Gasteiger partial charge in [-0.2, -0.15) is 0 Å². The first-order valence-electron chi connectivity index (χ1n) is 9.88. The molecule has 0 unspecified atom stereocenters. The van der Waals surface area contributed by atoms with Gasteiger partial charge < -0.3 is 19.4 Å². The standard InChI is InChI=1S/C22H24N4O5/c1-3-4-11-31-20-8-5-16(12-21(20)30-2)14-24-22(27)17-6-7-18(19(13-17)26(28)29)25-10-9-23-15-25/h5-10,12-13,15H,3-4,11,14H2,1-2H3,(H,24,27). The Bertz CT molecular complexity index is 1050. The summed E-state index contributed by atoms with van der Waals surface area (Å²) in [4.78, 5) is 27.4. The summed E-state index contributed by atoms with van der Waals surface area (Å²) in [5, 5.41) is 14.3. The average molecular weight is 424 g/mol. The molecule has 0 aliphatic rings. The second-order valence-electron chi connectivity index (χ2n) is 6.80. The molecule has 0 aliphatic carbocycles. The van der Waals surface area contributed by atoms with Gasteiger partial charge in [-0.3, -0.25) is 14.9 Å². The molecule has 3 aromatic rings. The van der Waals surface area contributed by atoms with E-state index in [-0.39, 0.29) is 17.8 Å². The lowest BCUT2D eigenvalue weighted by atomic mass is 10.1. The maximum atomic E-state index is 12.6. The van der Waals surface area contributed by atoms with Crippen LogP contribution in [0.3, 0.4) is 0 Å². The van der Waals surface area contributed by atoms with Gasteiger partial charge in [0.25, 0.3) is 11.6 Å². The minimum atomic E-state index is -0.520. The van der Waals surface area contributed by atoms with Crippen LogP contribution in [0, 0.1) is 10.1 Å². The van der Waals surface area contributed by atoms with Crippen molar-refractivity contribution in [2.75, 3.05) is 13.7 Å². The highest BCUT2D eigenvalue weighted by Gasteiger charge is 2.19. The molecule has 2 aromatic carbocycles. The number of methoxy groups -OCH3 is 1. The molecule has 0 radical (unpaired) electrons. The van der Waals surface area contributed by atoms with Crippen molar-refractivity contribution in [1.29, 1.82) is 0 Å². The first-order chi connectivity index (χ1) is 15.0. The second-order valence-corrected chi connectivity index (χ2v) is 6.80. The Morgan fingerprint density at radius 1 is 1.23 bits per heavy atom. The Balaban J connectivity index is 1.70. The minimum Gasteiger partial charge on any atom is -0.493 e. The van der Waals surface area contributed by atoms with E-state index in [4.69, 9.17) is 9.47 Å². The minimum absolute atomic E-state index is 0.180. The fourth-order valence-electron chi connectivity index (χ4n) is 2.98. The molecule has 0 atom stereocenters. The van der Waals surface area contributed by atoms with Crippen LogP contribution in [0.15, 0.2) is 55.1 Å². The normalized spacial score (nSPS) is 10.5. The van der Waals surface area contributed by atoms with Crippen molar-refractivity contribution >= 4 is 11.6 Å². The highest BCUT2D eigenvalue weighted by atomic mass is 16.6. The van der Waals surface area contributed by atoms with Gasteiger partial charge in [-0.15, -0.1) is 0 Å². The largest absolute Gasteiger partial charge is 0.493 e. The Morgan fingerprint density at radius 3 is 2.74 bits per heavy atom. The van der Waals surface area contributed by atoms with E-state index in [2.05, 4.69) is 17.2 Å². The van der Waals surface area contributed by atoms with Crippen LogP contribution in [0.2, 0.25) is 0 Å². The van der Waals surface area contributed by atoms with E-state index in [1.54, 1.807) is 31.5 Å². The predicted molar refractivity (Wildman–Crippen MR) is 115 cm³/mol. The van der Waals surface area contributed by atoms with Crippen molar-refractivity contribution in [3.8, 4) is 17.2 Å². The molecular weight excluding hydrogens is 400 g/mol. The van der Waals surface area contributed by atoms with Crippen molar-refractivity contribution < 1.29 is 19.2 Å². The number of hydrogen-bond acceptors (Lipinski definition) is 6. The number of amides is 1. The van der Waals surface area contributed by atoms with Crippen molar-refractivity contribution in [2.24, 2.45) is 0 Å². The number of nitrogens with zero attached hydrogens (tertiary/aromatic N) is 3. The third-order valence-electron chi connectivity index (χ3n) is 4.65. The molecule has 162 valence electrons. The van der Waals surface area contributed by atoms with Gasteiger partial charge in [0.05, 0.1) is 25.0 Å². The smallest absolute Gasteiger partial charge is 0.294 e. The summed E-state index contributed by atoms with van der Waals surface area (Å²) in [5.41, 5.74) is 1.17. The summed E-state index contributed by atoms with van der Waals surface area (Å²) in [6, 6.07) is 9.78. The molecule has 0 saturated heterocycles. The van der Waals surface area contributed by atoms with Gasteiger partial charge in [0.15, 0.2) is 11.5 Å². The molecule has 0 aliphatic heterocycles. The number of carbonyl (C=O) groups excluding carboxylic acids is 1. The van der Waals surface area contributed by atoms with Gasteiger partial charge in [-0.05, 0) is 36.2 Å². The average Bonchev–Trinajstić information content (AvgIpc) is 3.32. The molecule has 1 heterocycles. The van der Waals surface area contributed by atoms with Gasteiger partial charge in [-0.1, -0.05) is 19.4 Å². The number of nitro groups is 1. The molecular formula is C22H24N4O5.